The molecule has 3 nitrogen and oxygen atoms in total. The lowest BCUT2D eigenvalue weighted by atomic mass is 9.33. The van der Waals surface area contributed by atoms with Gasteiger partial charge in [0.2, 0.25) is 0 Å². The Kier molecular flexibility index (Phi) is 10.1. The third-order valence-electron chi connectivity index (χ3n) is 19.1. The molecule has 0 spiro atoms. The number of hydrogen-bond donors (Lipinski definition) is 0. The molecule has 5 aliphatic rings. The minimum atomic E-state index is -0.159. The summed E-state index contributed by atoms with van der Waals surface area (Å²) in [5.41, 5.74) is 30.4. The molecule has 13 rings (SSSR count). The molecule has 8 aromatic carbocycles. The van der Waals surface area contributed by atoms with Gasteiger partial charge in [-0.15, -0.1) is 0 Å². The van der Waals surface area contributed by atoms with E-state index in [0.717, 1.165) is 12.1 Å². The monoisotopic (exact) mass is 966 g/mol. The molecule has 0 saturated carbocycles. The predicted octanol–water partition coefficient (Wildman–Crippen LogP) is 17.2. The number of hydrogen-bond acceptors (Lipinski definition) is 3. The van der Waals surface area contributed by atoms with Gasteiger partial charge in [-0.2, -0.15) is 0 Å². The fourth-order valence-electron chi connectivity index (χ4n) is 14.5. The van der Waals surface area contributed by atoms with Crippen molar-refractivity contribution in [3.8, 4) is 11.1 Å². The number of benzene rings is 8. The van der Waals surface area contributed by atoms with E-state index in [-0.39, 0.29) is 33.8 Å². The minimum absolute atomic E-state index is 0.00761. The molecule has 8 aromatic rings. The van der Waals surface area contributed by atoms with E-state index in [0.29, 0.717) is 0 Å². The highest BCUT2D eigenvalue weighted by molar-refractivity contribution is 7.00. The summed E-state index contributed by atoms with van der Waals surface area (Å²) in [6.45, 7) is 31.4. The maximum absolute atomic E-state index is 2.70. The fraction of sp³-hybridized carbons (Fsp3) is 0.314. The van der Waals surface area contributed by atoms with Crippen molar-refractivity contribution >= 4 is 74.3 Å². The number of rotatable bonds is 5. The molecule has 0 N–H and O–H groups in total. The molecule has 0 saturated heterocycles. The summed E-state index contributed by atoms with van der Waals surface area (Å²) >= 11 is 0. The van der Waals surface area contributed by atoms with Gasteiger partial charge in [0.05, 0.1) is 0 Å². The fourth-order valence-corrected chi connectivity index (χ4v) is 14.5. The average molecular weight is 966 g/mol. The summed E-state index contributed by atoms with van der Waals surface area (Å²) in [6, 6.07) is 59.5. The molecule has 0 aromatic heterocycles. The van der Waals surface area contributed by atoms with Crippen molar-refractivity contribution in [2.45, 2.75) is 143 Å². The van der Waals surface area contributed by atoms with Crippen molar-refractivity contribution in [3.05, 3.63) is 202 Å². The number of fused-ring (bicyclic) bond motifs is 9. The molecule has 0 bridgehead atoms. The predicted molar refractivity (Wildman–Crippen MR) is 317 cm³/mol. The van der Waals surface area contributed by atoms with Gasteiger partial charge in [0.15, 0.2) is 0 Å². The van der Waals surface area contributed by atoms with E-state index in [4.69, 9.17) is 0 Å². The van der Waals surface area contributed by atoms with Crippen LogP contribution in [0, 0.1) is 20.8 Å². The Hall–Kier alpha value is -6.78. The molecule has 0 unspecified atom stereocenters. The third kappa shape index (κ3) is 6.78. The molecule has 3 aliphatic carbocycles. The molecular formula is C70H72BN3. The standard InChI is InChI=1S/C70H72BN3/c1-43-36-63-65-64(37-43)74(47-27-30-52-54(39-47)67(6,7)33-32-66(52,4)5)62-42-56-55(68(8,9)34-35-69(56,10)11)41-58(62)71(65)57-31-28-48(72(59-24-18-14-20-44(59)2)60-25-19-15-21-45(60)3)40-61(57)73(63)46-26-29-50-49-22-16-17-23-51(49)70(12,13)53(50)38-46/h14-31,36-42H,32-35H2,1-13H3. The Balaban J connectivity index is 1.13. The first-order valence-corrected chi connectivity index (χ1v) is 27.5. The van der Waals surface area contributed by atoms with E-state index in [9.17, 15) is 0 Å². The van der Waals surface area contributed by atoms with Crippen LogP contribution in [-0.4, -0.2) is 6.71 Å². The smallest absolute Gasteiger partial charge is 0.252 e. The van der Waals surface area contributed by atoms with Crippen LogP contribution in [0.4, 0.5) is 51.2 Å². The van der Waals surface area contributed by atoms with Crippen molar-refractivity contribution in [1.82, 2.24) is 0 Å². The number of para-hydroxylation sites is 2. The lowest BCUT2D eigenvalue weighted by Crippen LogP contribution is -2.62. The summed E-state index contributed by atoms with van der Waals surface area (Å²) < 4.78 is 0. The molecule has 370 valence electrons. The van der Waals surface area contributed by atoms with E-state index in [1.807, 2.05) is 0 Å². The minimum Gasteiger partial charge on any atom is -0.311 e. The molecule has 2 aliphatic heterocycles. The highest BCUT2D eigenvalue weighted by atomic mass is 15.2. The summed E-state index contributed by atoms with van der Waals surface area (Å²) in [7, 11) is 0. The van der Waals surface area contributed by atoms with E-state index in [1.165, 1.54) is 142 Å². The second-order valence-corrected chi connectivity index (χ2v) is 26.1. The quantitative estimate of drug-likeness (QED) is 0.159. The Morgan fingerprint density at radius 3 is 1.49 bits per heavy atom. The first kappa shape index (κ1) is 47.0. The Labute approximate surface area is 442 Å². The first-order valence-electron chi connectivity index (χ1n) is 27.5. The summed E-state index contributed by atoms with van der Waals surface area (Å²) in [5.74, 6) is 0. The van der Waals surface area contributed by atoms with Gasteiger partial charge in [-0.25, -0.2) is 0 Å². The van der Waals surface area contributed by atoms with Gasteiger partial charge in [-0.05, 0) is 212 Å². The van der Waals surface area contributed by atoms with Crippen LogP contribution in [0.3, 0.4) is 0 Å². The van der Waals surface area contributed by atoms with E-state index in [1.54, 1.807) is 0 Å². The van der Waals surface area contributed by atoms with Crippen LogP contribution in [0.2, 0.25) is 0 Å². The highest BCUT2D eigenvalue weighted by Crippen LogP contribution is 2.55. The Bertz CT molecular complexity index is 3630. The largest absolute Gasteiger partial charge is 0.311 e. The number of anilines is 9. The van der Waals surface area contributed by atoms with Crippen molar-refractivity contribution < 1.29 is 0 Å². The molecule has 2 heterocycles. The Morgan fingerprint density at radius 2 is 0.878 bits per heavy atom. The van der Waals surface area contributed by atoms with Crippen LogP contribution < -0.4 is 31.1 Å². The SMILES string of the molecule is Cc1cc2c3c(c1)N(c1ccc4c(c1)C(C)(C)CCC4(C)C)c1cc4c(cc1B3c1ccc(N(c3ccccc3C)c3ccccc3C)cc1N2c1ccc2c(c1)C(C)(C)c1ccccc1-2)C(C)(C)CCC4(C)C. The molecule has 0 radical (unpaired) electrons. The molecule has 4 heteroatoms. The van der Waals surface area contributed by atoms with Crippen LogP contribution >= 0.6 is 0 Å². The van der Waals surface area contributed by atoms with Gasteiger partial charge >= 0.3 is 0 Å². The van der Waals surface area contributed by atoms with Crippen LogP contribution in [0.15, 0.2) is 152 Å². The number of nitrogens with zero attached hydrogens (tertiary/aromatic N) is 3. The second-order valence-electron chi connectivity index (χ2n) is 26.1. The summed E-state index contributed by atoms with van der Waals surface area (Å²) in [5, 5.41) is 0. The molecule has 74 heavy (non-hydrogen) atoms. The summed E-state index contributed by atoms with van der Waals surface area (Å²) in [4.78, 5) is 7.85. The topological polar surface area (TPSA) is 9.72 Å². The van der Waals surface area contributed by atoms with E-state index in [2.05, 4.69) is 256 Å². The van der Waals surface area contributed by atoms with Crippen molar-refractivity contribution in [2.24, 2.45) is 0 Å². The van der Waals surface area contributed by atoms with E-state index >= 15 is 0 Å². The lowest BCUT2D eigenvalue weighted by molar-refractivity contribution is 0.332. The van der Waals surface area contributed by atoms with Crippen molar-refractivity contribution in [2.75, 3.05) is 14.7 Å². The molecule has 0 fully saturated rings. The zero-order valence-corrected chi connectivity index (χ0v) is 46.2. The molecular weight excluding hydrogens is 894 g/mol. The van der Waals surface area contributed by atoms with Crippen molar-refractivity contribution in [1.29, 1.82) is 0 Å². The first-order chi connectivity index (χ1) is 35.2. The lowest BCUT2D eigenvalue weighted by Gasteiger charge is -2.48. The third-order valence-corrected chi connectivity index (χ3v) is 19.1. The zero-order valence-electron chi connectivity index (χ0n) is 46.2. The Morgan fingerprint density at radius 1 is 0.392 bits per heavy atom. The van der Waals surface area contributed by atoms with Gasteiger partial charge in [-0.1, -0.05) is 154 Å². The maximum Gasteiger partial charge on any atom is 0.252 e. The molecule has 0 atom stereocenters. The molecule has 0 amide bonds. The normalized spacial score (nSPS) is 18.3. The van der Waals surface area contributed by atoms with Gasteiger partial charge in [0.1, 0.15) is 0 Å². The summed E-state index contributed by atoms with van der Waals surface area (Å²) in [6.07, 6.45) is 4.70. The van der Waals surface area contributed by atoms with Gasteiger partial charge in [-0.3, -0.25) is 0 Å². The van der Waals surface area contributed by atoms with Crippen LogP contribution in [-0.2, 0) is 27.1 Å². The second kappa shape index (κ2) is 15.9. The van der Waals surface area contributed by atoms with Gasteiger partial charge in [0, 0.05) is 56.6 Å². The van der Waals surface area contributed by atoms with Crippen LogP contribution in [0.5, 0.6) is 0 Å². The number of aryl methyl sites for hydroxylation is 3. The maximum atomic E-state index is 2.70. The van der Waals surface area contributed by atoms with E-state index < -0.39 is 0 Å². The van der Waals surface area contributed by atoms with Crippen LogP contribution in [0.1, 0.15) is 145 Å². The van der Waals surface area contributed by atoms with Gasteiger partial charge < -0.3 is 14.7 Å². The highest BCUT2D eigenvalue weighted by Gasteiger charge is 2.48. The van der Waals surface area contributed by atoms with Crippen LogP contribution in [0.25, 0.3) is 11.1 Å². The van der Waals surface area contributed by atoms with Gasteiger partial charge in [0.25, 0.3) is 6.71 Å². The van der Waals surface area contributed by atoms with Crippen molar-refractivity contribution in [3.63, 3.8) is 0 Å². The zero-order chi connectivity index (χ0) is 51.6. The average Bonchev–Trinajstić information content (AvgIpc) is 3.63.